The van der Waals surface area contributed by atoms with E-state index >= 15 is 0 Å². The van der Waals surface area contributed by atoms with Gasteiger partial charge in [0.2, 0.25) is 0 Å². The lowest BCUT2D eigenvalue weighted by molar-refractivity contribution is -0.141. The van der Waals surface area contributed by atoms with Crippen LogP contribution in [0.1, 0.15) is 54.0 Å². The lowest BCUT2D eigenvalue weighted by atomic mass is 9.92. The molecule has 0 bridgehead atoms. The first-order valence-corrected chi connectivity index (χ1v) is 11.0. The van der Waals surface area contributed by atoms with Gasteiger partial charge in [-0.2, -0.15) is 0 Å². The van der Waals surface area contributed by atoms with Crippen molar-refractivity contribution in [1.82, 2.24) is 4.90 Å². The van der Waals surface area contributed by atoms with Crippen LogP contribution in [0.15, 0.2) is 42.0 Å². The van der Waals surface area contributed by atoms with Crippen LogP contribution in [-0.2, 0) is 9.59 Å². The summed E-state index contributed by atoms with van der Waals surface area (Å²) in [6.45, 7) is 3.80. The third kappa shape index (κ3) is 3.53. The number of likely N-dealkylation sites (tertiary alicyclic amines) is 1. The molecule has 0 radical (unpaired) electrons. The number of nitrogens with zero attached hydrogens (tertiary/aromatic N) is 1. The number of aliphatic hydroxyl groups is 1. The molecule has 4 rings (SSSR count). The first kappa shape index (κ1) is 21.9. The molecule has 1 amide bonds. The predicted molar refractivity (Wildman–Crippen MR) is 122 cm³/mol. The van der Waals surface area contributed by atoms with E-state index < -0.39 is 17.7 Å². The highest BCUT2D eigenvalue weighted by molar-refractivity contribution is 6.46. The highest BCUT2D eigenvalue weighted by Crippen LogP contribution is 2.46. The Morgan fingerprint density at radius 1 is 1.03 bits per heavy atom. The van der Waals surface area contributed by atoms with Crippen LogP contribution in [0.25, 0.3) is 5.76 Å². The number of methoxy groups -OCH3 is 2. The van der Waals surface area contributed by atoms with Gasteiger partial charge < -0.3 is 19.5 Å². The summed E-state index contributed by atoms with van der Waals surface area (Å²) in [5, 5.41) is 11.5. The van der Waals surface area contributed by atoms with Gasteiger partial charge >= 0.3 is 0 Å². The Kier molecular flexibility index (Phi) is 5.96. The van der Waals surface area contributed by atoms with Gasteiger partial charge in [-0.15, -0.1) is 0 Å². The number of carbonyl (C=O) groups is 2. The summed E-state index contributed by atoms with van der Waals surface area (Å²) in [7, 11) is 3.09. The maximum atomic E-state index is 13.3. The molecule has 2 aliphatic rings. The molecule has 1 aliphatic heterocycles. The quantitative estimate of drug-likeness (QED) is 0.419. The summed E-state index contributed by atoms with van der Waals surface area (Å²) in [6.07, 6.45) is 3.70. The lowest BCUT2D eigenvalue weighted by Gasteiger charge is -2.31. The minimum atomic E-state index is -0.722. The molecule has 1 unspecified atom stereocenters. The minimum absolute atomic E-state index is 0.0483. The zero-order valence-corrected chi connectivity index (χ0v) is 19.0. The zero-order chi connectivity index (χ0) is 23.0. The Balaban J connectivity index is 1.99. The average molecular weight is 436 g/mol. The van der Waals surface area contributed by atoms with Gasteiger partial charge in [0.1, 0.15) is 17.3 Å². The molecule has 1 saturated heterocycles. The fourth-order valence-corrected chi connectivity index (χ4v) is 5.15. The number of Topliss-reactive ketones (excluding diaryl/α,β-unsaturated/α-hetero) is 1. The number of amides is 1. The molecule has 1 saturated carbocycles. The lowest BCUT2D eigenvalue weighted by Crippen LogP contribution is -2.37. The van der Waals surface area contributed by atoms with E-state index in [0.717, 1.165) is 36.8 Å². The highest BCUT2D eigenvalue weighted by atomic mass is 16.5. The molecular weight excluding hydrogens is 406 g/mol. The second-order valence-corrected chi connectivity index (χ2v) is 8.55. The molecule has 32 heavy (non-hydrogen) atoms. The van der Waals surface area contributed by atoms with Crippen LogP contribution in [0.5, 0.6) is 11.5 Å². The molecule has 2 aromatic carbocycles. The number of aryl methyl sites for hydroxylation is 2. The van der Waals surface area contributed by atoms with Crippen LogP contribution in [0.2, 0.25) is 0 Å². The monoisotopic (exact) mass is 435 g/mol. The van der Waals surface area contributed by atoms with Crippen molar-refractivity contribution >= 4 is 17.4 Å². The number of ether oxygens (including phenoxy) is 2. The van der Waals surface area contributed by atoms with Gasteiger partial charge in [0, 0.05) is 11.6 Å². The normalized spacial score (nSPS) is 20.8. The summed E-state index contributed by atoms with van der Waals surface area (Å²) in [5.41, 5.74) is 2.94. The number of benzene rings is 2. The Labute approximate surface area is 188 Å². The zero-order valence-electron chi connectivity index (χ0n) is 19.0. The smallest absolute Gasteiger partial charge is 0.295 e. The van der Waals surface area contributed by atoms with E-state index in [9.17, 15) is 14.7 Å². The van der Waals surface area contributed by atoms with Crippen molar-refractivity contribution in [3.63, 3.8) is 0 Å². The van der Waals surface area contributed by atoms with Crippen molar-refractivity contribution in [2.24, 2.45) is 0 Å². The molecule has 0 aromatic heterocycles. The maximum Gasteiger partial charge on any atom is 0.295 e. The third-order valence-electron chi connectivity index (χ3n) is 6.51. The van der Waals surface area contributed by atoms with E-state index in [-0.39, 0.29) is 17.4 Å². The van der Waals surface area contributed by atoms with Crippen molar-refractivity contribution in [3.8, 4) is 11.5 Å². The van der Waals surface area contributed by atoms with Crippen molar-refractivity contribution in [2.45, 2.75) is 51.6 Å². The van der Waals surface area contributed by atoms with E-state index in [1.54, 1.807) is 18.1 Å². The van der Waals surface area contributed by atoms with Crippen LogP contribution >= 0.6 is 0 Å². The topological polar surface area (TPSA) is 76.1 Å². The van der Waals surface area contributed by atoms with E-state index in [1.807, 2.05) is 44.2 Å². The van der Waals surface area contributed by atoms with Crippen LogP contribution in [0, 0.1) is 13.8 Å². The van der Waals surface area contributed by atoms with Crippen LogP contribution in [0.3, 0.4) is 0 Å². The number of rotatable bonds is 5. The number of hydrogen-bond donors (Lipinski definition) is 1. The minimum Gasteiger partial charge on any atom is -0.507 e. The summed E-state index contributed by atoms with van der Waals surface area (Å²) in [5.74, 6) is -0.410. The van der Waals surface area contributed by atoms with Crippen molar-refractivity contribution < 1.29 is 24.2 Å². The van der Waals surface area contributed by atoms with Gasteiger partial charge in [-0.1, -0.05) is 37.1 Å². The highest BCUT2D eigenvalue weighted by Gasteiger charge is 2.50. The van der Waals surface area contributed by atoms with E-state index in [1.165, 1.54) is 7.11 Å². The Morgan fingerprint density at radius 2 is 1.72 bits per heavy atom. The standard InChI is InChI=1S/C26H29NO5/c1-15-13-16(2)25(32-4)19(14-15)23(28)21-22(18-11-7-8-12-20(18)31-3)27(26(30)24(21)29)17-9-5-6-10-17/h7-8,11-14,17,22,28H,5-6,9-10H2,1-4H3/b23-21+. The van der Waals surface area contributed by atoms with Crippen molar-refractivity contribution in [2.75, 3.05) is 14.2 Å². The molecule has 0 spiro atoms. The number of para-hydroxylation sites is 1. The Morgan fingerprint density at radius 3 is 2.38 bits per heavy atom. The number of hydrogen-bond acceptors (Lipinski definition) is 5. The van der Waals surface area contributed by atoms with Gasteiger partial charge in [-0.05, 0) is 49.9 Å². The van der Waals surface area contributed by atoms with Crippen molar-refractivity contribution in [1.29, 1.82) is 0 Å². The summed E-state index contributed by atoms with van der Waals surface area (Å²) in [4.78, 5) is 28.3. The SMILES string of the molecule is COc1ccccc1C1/C(=C(\O)c2cc(C)cc(C)c2OC)C(=O)C(=O)N1C1CCCC1. The van der Waals surface area contributed by atoms with Gasteiger partial charge in [-0.25, -0.2) is 0 Å². The number of aliphatic hydroxyl groups excluding tert-OH is 1. The predicted octanol–water partition coefficient (Wildman–Crippen LogP) is 4.68. The number of carbonyl (C=O) groups excluding carboxylic acids is 2. The van der Waals surface area contributed by atoms with Gasteiger partial charge in [0.25, 0.3) is 11.7 Å². The molecule has 1 aliphatic carbocycles. The molecule has 6 nitrogen and oxygen atoms in total. The molecule has 2 fully saturated rings. The molecule has 168 valence electrons. The first-order chi connectivity index (χ1) is 15.4. The van der Waals surface area contributed by atoms with E-state index in [2.05, 4.69) is 0 Å². The van der Waals surface area contributed by atoms with E-state index in [4.69, 9.17) is 9.47 Å². The molecule has 1 atom stereocenters. The Hall–Kier alpha value is -3.28. The number of ketones is 1. The fraction of sp³-hybridized carbons (Fsp3) is 0.385. The van der Waals surface area contributed by atoms with Crippen LogP contribution < -0.4 is 9.47 Å². The molecule has 6 heteroatoms. The second kappa shape index (κ2) is 8.69. The van der Waals surface area contributed by atoms with Gasteiger partial charge in [0.15, 0.2) is 0 Å². The Bertz CT molecular complexity index is 1100. The van der Waals surface area contributed by atoms with Gasteiger partial charge in [0.05, 0.1) is 31.4 Å². The molecule has 1 N–H and O–H groups in total. The average Bonchev–Trinajstić information content (AvgIpc) is 3.39. The molecular formula is C26H29NO5. The molecule has 1 heterocycles. The van der Waals surface area contributed by atoms with Crippen LogP contribution in [-0.4, -0.2) is 42.0 Å². The largest absolute Gasteiger partial charge is 0.507 e. The first-order valence-electron chi connectivity index (χ1n) is 11.0. The maximum absolute atomic E-state index is 13.3. The summed E-state index contributed by atoms with van der Waals surface area (Å²) < 4.78 is 11.1. The van der Waals surface area contributed by atoms with Gasteiger partial charge in [-0.3, -0.25) is 9.59 Å². The fourth-order valence-electron chi connectivity index (χ4n) is 5.15. The van der Waals surface area contributed by atoms with E-state index in [0.29, 0.717) is 22.6 Å². The van der Waals surface area contributed by atoms with Crippen molar-refractivity contribution in [3.05, 3.63) is 64.2 Å². The summed E-state index contributed by atoms with van der Waals surface area (Å²) >= 11 is 0. The summed E-state index contributed by atoms with van der Waals surface area (Å²) in [6, 6.07) is 10.3. The molecule has 2 aromatic rings. The van der Waals surface area contributed by atoms with Crippen LogP contribution in [0.4, 0.5) is 0 Å². The third-order valence-corrected chi connectivity index (χ3v) is 6.51. The second-order valence-electron chi connectivity index (χ2n) is 8.55.